The monoisotopic (exact) mass is 431 g/mol. The summed E-state index contributed by atoms with van der Waals surface area (Å²) in [7, 11) is 0. The largest absolute Gasteiger partial charge is 0.356 e. The number of carbonyl (C=O) groups is 1. The fraction of sp³-hybridized carbons (Fsp3) is 0.292. The molecule has 0 aliphatic carbocycles. The molecule has 1 saturated heterocycles. The molecule has 8 nitrogen and oxygen atoms in total. The Balaban J connectivity index is 1.46. The van der Waals surface area contributed by atoms with Gasteiger partial charge in [0.05, 0.1) is 4.92 Å². The number of non-ortho nitro benzene ring substituents is 1. The van der Waals surface area contributed by atoms with E-state index in [9.17, 15) is 14.9 Å². The average Bonchev–Trinajstić information content (AvgIpc) is 2.84. The predicted molar refractivity (Wildman–Crippen MR) is 124 cm³/mol. The summed E-state index contributed by atoms with van der Waals surface area (Å²) >= 11 is 0. The summed E-state index contributed by atoms with van der Waals surface area (Å²) in [4.78, 5) is 34.7. The molecule has 1 fully saturated rings. The predicted octanol–water partition coefficient (Wildman–Crippen LogP) is 4.47. The van der Waals surface area contributed by atoms with Gasteiger partial charge in [0.25, 0.3) is 5.69 Å². The summed E-state index contributed by atoms with van der Waals surface area (Å²) in [5, 5.41) is 13.9. The highest BCUT2D eigenvalue weighted by molar-refractivity contribution is 5.92. The third-order valence-electron chi connectivity index (χ3n) is 5.70. The first-order chi connectivity index (χ1) is 15.5. The lowest BCUT2D eigenvalue weighted by Gasteiger charge is -2.32. The number of nitro groups is 1. The minimum Gasteiger partial charge on any atom is -0.356 e. The third-order valence-corrected chi connectivity index (χ3v) is 5.70. The molecule has 1 aromatic heterocycles. The van der Waals surface area contributed by atoms with E-state index in [-0.39, 0.29) is 17.5 Å². The van der Waals surface area contributed by atoms with E-state index in [4.69, 9.17) is 4.98 Å². The molecule has 164 valence electrons. The second-order valence-corrected chi connectivity index (χ2v) is 7.82. The molecule has 0 atom stereocenters. The number of rotatable bonds is 6. The molecule has 0 unspecified atom stereocenters. The number of carbonyl (C=O) groups excluding carboxylic acids is 1. The molecule has 2 aromatic carbocycles. The Hall–Kier alpha value is -3.81. The first-order valence-electron chi connectivity index (χ1n) is 10.8. The van der Waals surface area contributed by atoms with Gasteiger partial charge in [-0.2, -0.15) is 0 Å². The highest BCUT2D eigenvalue weighted by Gasteiger charge is 2.26. The minimum atomic E-state index is -0.420. The van der Waals surface area contributed by atoms with Crippen molar-refractivity contribution >= 4 is 23.1 Å². The number of aryl methyl sites for hydroxylation is 1. The van der Waals surface area contributed by atoms with Crippen molar-refractivity contribution in [2.75, 3.05) is 23.3 Å². The maximum Gasteiger partial charge on any atom is 0.269 e. The minimum absolute atomic E-state index is 0.0342. The van der Waals surface area contributed by atoms with Gasteiger partial charge in [-0.3, -0.25) is 14.9 Å². The van der Waals surface area contributed by atoms with Crippen LogP contribution in [0.25, 0.3) is 11.4 Å². The summed E-state index contributed by atoms with van der Waals surface area (Å²) in [6.45, 7) is 3.49. The first kappa shape index (κ1) is 21.4. The third kappa shape index (κ3) is 4.91. The van der Waals surface area contributed by atoms with Gasteiger partial charge in [0.2, 0.25) is 5.91 Å². The van der Waals surface area contributed by atoms with Crippen molar-refractivity contribution in [3.63, 3.8) is 0 Å². The fourth-order valence-corrected chi connectivity index (χ4v) is 3.82. The SMILES string of the molecule is CCc1cc(N2CCC(C(=O)Nc3ccccc3)CC2)nc(-c2ccc([N+](=O)[O-])cc2)n1. The molecule has 3 aromatic rings. The van der Waals surface area contributed by atoms with E-state index in [1.165, 1.54) is 12.1 Å². The van der Waals surface area contributed by atoms with Crippen LogP contribution < -0.4 is 10.2 Å². The van der Waals surface area contributed by atoms with E-state index in [1.54, 1.807) is 12.1 Å². The second kappa shape index (κ2) is 9.55. The molecular formula is C24H25N5O3. The number of hydrogen-bond acceptors (Lipinski definition) is 6. The Kier molecular flexibility index (Phi) is 6.39. The Bertz CT molecular complexity index is 1090. The van der Waals surface area contributed by atoms with Gasteiger partial charge in [-0.15, -0.1) is 0 Å². The first-order valence-corrected chi connectivity index (χ1v) is 10.8. The standard InChI is InChI=1S/C24H25N5O3/c1-2-19-16-22(27-23(25-19)17-8-10-21(11-9-17)29(31)32)28-14-12-18(13-15-28)24(30)26-20-6-4-3-5-7-20/h3-11,16,18H,2,12-15H2,1H3,(H,26,30). The lowest BCUT2D eigenvalue weighted by molar-refractivity contribution is -0.384. The molecule has 8 heteroatoms. The second-order valence-electron chi connectivity index (χ2n) is 7.82. The van der Waals surface area contributed by atoms with E-state index in [1.807, 2.05) is 43.3 Å². The molecular weight excluding hydrogens is 406 g/mol. The molecule has 0 saturated carbocycles. The molecule has 1 aliphatic rings. The number of nitro benzene ring substituents is 1. The Morgan fingerprint density at radius 2 is 1.78 bits per heavy atom. The molecule has 1 N–H and O–H groups in total. The fourth-order valence-electron chi connectivity index (χ4n) is 3.82. The zero-order chi connectivity index (χ0) is 22.5. The average molecular weight is 431 g/mol. The summed E-state index contributed by atoms with van der Waals surface area (Å²) in [6.07, 6.45) is 2.25. The van der Waals surface area contributed by atoms with Crippen LogP contribution in [0.3, 0.4) is 0 Å². The van der Waals surface area contributed by atoms with Gasteiger partial charge in [0, 0.05) is 54.2 Å². The number of aromatic nitrogens is 2. The van der Waals surface area contributed by atoms with Crippen molar-refractivity contribution in [1.29, 1.82) is 0 Å². The van der Waals surface area contributed by atoms with Gasteiger partial charge in [-0.1, -0.05) is 25.1 Å². The van der Waals surface area contributed by atoms with Crippen LogP contribution in [0.15, 0.2) is 60.7 Å². The van der Waals surface area contributed by atoms with Crippen LogP contribution in [-0.2, 0) is 11.2 Å². The van der Waals surface area contributed by atoms with Gasteiger partial charge in [-0.25, -0.2) is 9.97 Å². The summed E-state index contributed by atoms with van der Waals surface area (Å²) < 4.78 is 0. The van der Waals surface area contributed by atoms with E-state index < -0.39 is 4.92 Å². The van der Waals surface area contributed by atoms with Crippen molar-refractivity contribution in [2.24, 2.45) is 5.92 Å². The summed E-state index contributed by atoms with van der Waals surface area (Å²) in [5.74, 6) is 1.40. The molecule has 1 amide bonds. The number of para-hydroxylation sites is 1. The quantitative estimate of drug-likeness (QED) is 0.456. The molecule has 32 heavy (non-hydrogen) atoms. The lowest BCUT2D eigenvalue weighted by Crippen LogP contribution is -2.38. The summed E-state index contributed by atoms with van der Waals surface area (Å²) in [6, 6.07) is 17.8. The van der Waals surface area contributed by atoms with Crippen LogP contribution in [0.5, 0.6) is 0 Å². The molecule has 0 radical (unpaired) electrons. The van der Waals surface area contributed by atoms with Crippen LogP contribution >= 0.6 is 0 Å². The van der Waals surface area contributed by atoms with E-state index in [0.29, 0.717) is 5.82 Å². The van der Waals surface area contributed by atoms with Gasteiger partial charge in [0.1, 0.15) is 5.82 Å². The molecule has 0 spiro atoms. The van der Waals surface area contributed by atoms with Gasteiger partial charge >= 0.3 is 0 Å². The van der Waals surface area contributed by atoms with Gasteiger partial charge < -0.3 is 10.2 Å². The zero-order valence-electron chi connectivity index (χ0n) is 17.9. The van der Waals surface area contributed by atoms with Crippen molar-refractivity contribution in [1.82, 2.24) is 9.97 Å². The highest BCUT2D eigenvalue weighted by atomic mass is 16.6. The Morgan fingerprint density at radius 1 is 1.09 bits per heavy atom. The number of benzene rings is 2. The van der Waals surface area contributed by atoms with Crippen LogP contribution in [-0.4, -0.2) is 33.9 Å². The number of nitrogens with one attached hydrogen (secondary N) is 1. The van der Waals surface area contributed by atoms with Crippen LogP contribution in [0.2, 0.25) is 0 Å². The van der Waals surface area contributed by atoms with E-state index >= 15 is 0 Å². The van der Waals surface area contributed by atoms with Crippen LogP contribution in [0.1, 0.15) is 25.5 Å². The number of nitrogens with zero attached hydrogens (tertiary/aromatic N) is 4. The van der Waals surface area contributed by atoms with Crippen LogP contribution in [0.4, 0.5) is 17.2 Å². The maximum absolute atomic E-state index is 12.6. The Morgan fingerprint density at radius 3 is 2.41 bits per heavy atom. The van der Waals surface area contributed by atoms with Crippen LogP contribution in [0, 0.1) is 16.0 Å². The van der Waals surface area contributed by atoms with Gasteiger partial charge in [-0.05, 0) is 43.5 Å². The molecule has 0 bridgehead atoms. The van der Waals surface area contributed by atoms with Crippen molar-refractivity contribution < 1.29 is 9.72 Å². The van der Waals surface area contributed by atoms with Crippen molar-refractivity contribution in [3.05, 3.63) is 76.5 Å². The van der Waals surface area contributed by atoms with Crippen molar-refractivity contribution in [3.8, 4) is 11.4 Å². The zero-order valence-corrected chi connectivity index (χ0v) is 17.9. The molecule has 2 heterocycles. The number of anilines is 2. The normalized spacial score (nSPS) is 14.2. The Labute approximate surface area is 186 Å². The molecule has 4 rings (SSSR count). The number of piperidine rings is 1. The van der Waals surface area contributed by atoms with E-state index in [2.05, 4.69) is 15.2 Å². The van der Waals surface area contributed by atoms with Crippen molar-refractivity contribution in [2.45, 2.75) is 26.2 Å². The highest BCUT2D eigenvalue weighted by Crippen LogP contribution is 2.27. The topological polar surface area (TPSA) is 101 Å². The summed E-state index contributed by atoms with van der Waals surface area (Å²) in [5.41, 5.74) is 2.50. The van der Waals surface area contributed by atoms with Gasteiger partial charge in [0.15, 0.2) is 5.82 Å². The van der Waals surface area contributed by atoms with E-state index in [0.717, 1.165) is 55.1 Å². The maximum atomic E-state index is 12.6. The number of hydrogen-bond donors (Lipinski definition) is 1. The smallest absolute Gasteiger partial charge is 0.269 e. The molecule has 1 aliphatic heterocycles. The number of amides is 1. The lowest BCUT2D eigenvalue weighted by atomic mass is 9.95.